The lowest BCUT2D eigenvalue weighted by atomic mass is 9.95. The number of fused-ring (bicyclic) bond motifs is 1. The van der Waals surface area contributed by atoms with E-state index >= 15 is 0 Å². The second-order valence-electron chi connectivity index (χ2n) is 5.06. The highest BCUT2D eigenvalue weighted by atomic mass is 16.5. The molecule has 3 nitrogen and oxygen atoms in total. The van der Waals surface area contributed by atoms with Crippen LogP contribution in [0.4, 0.5) is 0 Å². The first-order valence-corrected chi connectivity index (χ1v) is 6.77. The van der Waals surface area contributed by atoms with Crippen molar-refractivity contribution in [3.8, 4) is 0 Å². The lowest BCUT2D eigenvalue weighted by Crippen LogP contribution is -2.27. The van der Waals surface area contributed by atoms with E-state index in [-0.39, 0.29) is 12.0 Å². The second kappa shape index (κ2) is 6.13. The minimum absolute atomic E-state index is 0.181. The lowest BCUT2D eigenvalue weighted by molar-refractivity contribution is -0.0585. The Labute approximate surface area is 114 Å². The van der Waals surface area contributed by atoms with E-state index in [1.807, 2.05) is 37.3 Å². The quantitative estimate of drug-likeness (QED) is 0.895. The normalized spacial score (nSPS) is 14.8. The number of nitrogens with zero attached hydrogens (tertiary/aromatic N) is 1. The highest BCUT2D eigenvalue weighted by Gasteiger charge is 2.24. The molecule has 2 atom stereocenters. The van der Waals surface area contributed by atoms with Crippen molar-refractivity contribution in [2.75, 3.05) is 6.61 Å². The monoisotopic (exact) mass is 259 g/mol. The van der Waals surface area contributed by atoms with Gasteiger partial charge in [0.1, 0.15) is 6.10 Å². The van der Waals surface area contributed by atoms with E-state index in [0.717, 1.165) is 16.5 Å². The molecule has 0 radical (unpaired) electrons. The van der Waals surface area contributed by atoms with E-state index in [0.29, 0.717) is 6.61 Å². The van der Waals surface area contributed by atoms with Crippen LogP contribution in [0.25, 0.3) is 10.9 Å². The molecule has 1 heterocycles. The molecular formula is C16H21NO2. The molecule has 0 fully saturated rings. The van der Waals surface area contributed by atoms with E-state index in [4.69, 9.17) is 4.74 Å². The molecule has 3 heteroatoms. The number of pyridine rings is 1. The number of benzene rings is 1. The standard InChI is InChI=1S/C16H21NO2/c1-4-19-16(11(2)3)15(18)13-7-8-14-12(10-13)6-5-9-17-14/h5-11,15-16,18H,4H2,1-3H3. The van der Waals surface area contributed by atoms with Gasteiger partial charge in [0, 0.05) is 18.2 Å². The maximum absolute atomic E-state index is 10.5. The zero-order chi connectivity index (χ0) is 13.8. The van der Waals surface area contributed by atoms with Gasteiger partial charge in [-0.3, -0.25) is 4.98 Å². The molecule has 2 aromatic rings. The molecule has 1 N–H and O–H groups in total. The van der Waals surface area contributed by atoms with Gasteiger partial charge in [-0.15, -0.1) is 0 Å². The third-order valence-electron chi connectivity index (χ3n) is 3.30. The SMILES string of the molecule is CCOC(C(C)C)C(O)c1ccc2ncccc2c1. The van der Waals surface area contributed by atoms with Crippen LogP contribution in [0, 0.1) is 5.92 Å². The summed E-state index contributed by atoms with van der Waals surface area (Å²) in [5.41, 5.74) is 1.82. The van der Waals surface area contributed by atoms with Gasteiger partial charge in [-0.1, -0.05) is 26.0 Å². The average molecular weight is 259 g/mol. The van der Waals surface area contributed by atoms with Crippen LogP contribution < -0.4 is 0 Å². The second-order valence-corrected chi connectivity index (χ2v) is 5.06. The van der Waals surface area contributed by atoms with Crippen molar-refractivity contribution in [2.24, 2.45) is 5.92 Å². The Bertz CT molecular complexity index is 539. The number of ether oxygens (including phenoxy) is 1. The smallest absolute Gasteiger partial charge is 0.105 e. The Hall–Kier alpha value is -1.45. The van der Waals surface area contributed by atoms with Gasteiger partial charge in [-0.2, -0.15) is 0 Å². The number of aliphatic hydroxyl groups excluding tert-OH is 1. The highest BCUT2D eigenvalue weighted by molar-refractivity contribution is 5.79. The molecule has 2 rings (SSSR count). The molecule has 0 aliphatic heterocycles. The van der Waals surface area contributed by atoms with Crippen molar-refractivity contribution in [2.45, 2.75) is 33.0 Å². The molecular weight excluding hydrogens is 238 g/mol. The van der Waals surface area contributed by atoms with E-state index in [1.165, 1.54) is 0 Å². The Morgan fingerprint density at radius 2 is 2.05 bits per heavy atom. The van der Waals surface area contributed by atoms with Crippen molar-refractivity contribution in [1.82, 2.24) is 4.98 Å². The van der Waals surface area contributed by atoms with Crippen molar-refractivity contribution in [1.29, 1.82) is 0 Å². The summed E-state index contributed by atoms with van der Waals surface area (Å²) < 4.78 is 5.67. The fraction of sp³-hybridized carbons (Fsp3) is 0.438. The lowest BCUT2D eigenvalue weighted by Gasteiger charge is -2.26. The molecule has 0 saturated heterocycles. The Kier molecular flexibility index (Phi) is 4.51. The number of aliphatic hydroxyl groups is 1. The van der Waals surface area contributed by atoms with Crippen LogP contribution in [0.15, 0.2) is 36.5 Å². The van der Waals surface area contributed by atoms with Gasteiger partial charge in [0.25, 0.3) is 0 Å². The fourth-order valence-corrected chi connectivity index (χ4v) is 2.31. The first-order valence-electron chi connectivity index (χ1n) is 6.77. The molecule has 0 amide bonds. The zero-order valence-electron chi connectivity index (χ0n) is 11.7. The summed E-state index contributed by atoms with van der Waals surface area (Å²) in [6.07, 6.45) is 0.985. The summed E-state index contributed by atoms with van der Waals surface area (Å²) in [5, 5.41) is 11.5. The van der Waals surface area contributed by atoms with Gasteiger partial charge < -0.3 is 9.84 Å². The summed E-state index contributed by atoms with van der Waals surface area (Å²) in [6.45, 7) is 6.68. The summed E-state index contributed by atoms with van der Waals surface area (Å²) in [5.74, 6) is 0.263. The minimum Gasteiger partial charge on any atom is -0.386 e. The highest BCUT2D eigenvalue weighted by Crippen LogP contribution is 2.26. The maximum atomic E-state index is 10.5. The number of hydrogen-bond donors (Lipinski definition) is 1. The van der Waals surface area contributed by atoms with Gasteiger partial charge in [-0.05, 0) is 36.6 Å². The molecule has 0 aliphatic carbocycles. The molecule has 19 heavy (non-hydrogen) atoms. The third kappa shape index (κ3) is 3.11. The molecule has 0 bridgehead atoms. The van der Waals surface area contributed by atoms with Crippen molar-refractivity contribution < 1.29 is 9.84 Å². The number of hydrogen-bond acceptors (Lipinski definition) is 3. The first kappa shape index (κ1) is 14.0. The number of aromatic nitrogens is 1. The number of rotatable bonds is 5. The fourth-order valence-electron chi connectivity index (χ4n) is 2.31. The van der Waals surface area contributed by atoms with Gasteiger partial charge >= 0.3 is 0 Å². The van der Waals surface area contributed by atoms with Crippen LogP contribution in [0.2, 0.25) is 0 Å². The molecule has 1 aromatic carbocycles. The van der Waals surface area contributed by atoms with Crippen LogP contribution in [-0.4, -0.2) is 22.8 Å². The Morgan fingerprint density at radius 3 is 2.74 bits per heavy atom. The van der Waals surface area contributed by atoms with Gasteiger partial charge in [-0.25, -0.2) is 0 Å². The topological polar surface area (TPSA) is 42.4 Å². The van der Waals surface area contributed by atoms with Gasteiger partial charge in [0.15, 0.2) is 0 Å². The minimum atomic E-state index is -0.607. The molecule has 102 valence electrons. The molecule has 1 aromatic heterocycles. The van der Waals surface area contributed by atoms with Gasteiger partial charge in [0.2, 0.25) is 0 Å². The van der Waals surface area contributed by atoms with Crippen LogP contribution in [0.3, 0.4) is 0 Å². The first-order chi connectivity index (χ1) is 9.13. The van der Waals surface area contributed by atoms with Crippen LogP contribution in [0.5, 0.6) is 0 Å². The third-order valence-corrected chi connectivity index (χ3v) is 3.30. The van der Waals surface area contributed by atoms with E-state index < -0.39 is 6.10 Å². The molecule has 0 spiro atoms. The van der Waals surface area contributed by atoms with Crippen molar-refractivity contribution in [3.63, 3.8) is 0 Å². The van der Waals surface area contributed by atoms with Crippen molar-refractivity contribution in [3.05, 3.63) is 42.1 Å². The van der Waals surface area contributed by atoms with Crippen LogP contribution in [0.1, 0.15) is 32.4 Å². The maximum Gasteiger partial charge on any atom is 0.105 e. The zero-order valence-corrected chi connectivity index (χ0v) is 11.7. The predicted octanol–water partition coefficient (Wildman–Crippen LogP) is 3.33. The van der Waals surface area contributed by atoms with Crippen molar-refractivity contribution >= 4 is 10.9 Å². The van der Waals surface area contributed by atoms with Crippen LogP contribution >= 0.6 is 0 Å². The Morgan fingerprint density at radius 1 is 1.26 bits per heavy atom. The predicted molar refractivity (Wildman–Crippen MR) is 77.0 cm³/mol. The summed E-state index contributed by atoms with van der Waals surface area (Å²) in [6, 6.07) is 9.76. The van der Waals surface area contributed by atoms with Gasteiger partial charge in [0.05, 0.1) is 11.6 Å². The van der Waals surface area contributed by atoms with E-state index in [1.54, 1.807) is 6.20 Å². The summed E-state index contributed by atoms with van der Waals surface area (Å²) in [7, 11) is 0. The van der Waals surface area contributed by atoms with E-state index in [9.17, 15) is 5.11 Å². The molecule has 0 saturated carbocycles. The average Bonchev–Trinajstić information content (AvgIpc) is 2.43. The summed E-state index contributed by atoms with van der Waals surface area (Å²) >= 11 is 0. The molecule has 0 aliphatic rings. The summed E-state index contributed by atoms with van der Waals surface area (Å²) in [4.78, 5) is 4.29. The Balaban J connectivity index is 2.31. The largest absolute Gasteiger partial charge is 0.386 e. The van der Waals surface area contributed by atoms with E-state index in [2.05, 4.69) is 18.8 Å². The van der Waals surface area contributed by atoms with Crippen LogP contribution in [-0.2, 0) is 4.74 Å². The molecule has 2 unspecified atom stereocenters.